The number of hydrogen-bond donors (Lipinski definition) is 1. The van der Waals surface area contributed by atoms with Crippen LogP contribution in [0.15, 0.2) is 18.2 Å². The second-order valence-corrected chi connectivity index (χ2v) is 4.03. The van der Waals surface area contributed by atoms with Crippen molar-refractivity contribution in [3.05, 3.63) is 23.8 Å². The normalized spacial score (nSPS) is 10.6. The Bertz CT molecular complexity index is 324. The highest BCUT2D eigenvalue weighted by Crippen LogP contribution is 2.25. The van der Waals surface area contributed by atoms with E-state index >= 15 is 0 Å². The second-order valence-electron chi connectivity index (χ2n) is 4.03. The monoisotopic (exact) mass is 223 g/mol. The van der Waals surface area contributed by atoms with Gasteiger partial charge in [0, 0.05) is 0 Å². The van der Waals surface area contributed by atoms with E-state index < -0.39 is 0 Å². The number of rotatable bonds is 6. The lowest BCUT2D eigenvalue weighted by Crippen LogP contribution is -2.06. The van der Waals surface area contributed by atoms with E-state index in [1.807, 2.05) is 32.0 Å². The molecule has 1 aromatic carbocycles. The van der Waals surface area contributed by atoms with E-state index in [1.165, 1.54) is 0 Å². The number of ether oxygens (including phenoxy) is 2. The molecule has 0 amide bonds. The average molecular weight is 223 g/mol. The van der Waals surface area contributed by atoms with Crippen molar-refractivity contribution in [2.24, 2.45) is 5.73 Å². The number of hydrogen-bond acceptors (Lipinski definition) is 3. The largest absolute Gasteiger partial charge is 0.496 e. The van der Waals surface area contributed by atoms with Gasteiger partial charge in [-0.3, -0.25) is 0 Å². The van der Waals surface area contributed by atoms with Crippen LogP contribution in [0.25, 0.3) is 0 Å². The highest BCUT2D eigenvalue weighted by Gasteiger charge is 2.05. The van der Waals surface area contributed by atoms with Gasteiger partial charge in [-0.05, 0) is 57.0 Å². The third kappa shape index (κ3) is 3.74. The molecule has 0 bridgehead atoms. The summed E-state index contributed by atoms with van der Waals surface area (Å²) in [6, 6.07) is 5.92. The summed E-state index contributed by atoms with van der Waals surface area (Å²) >= 11 is 0. The van der Waals surface area contributed by atoms with Crippen LogP contribution >= 0.6 is 0 Å². The van der Waals surface area contributed by atoms with Gasteiger partial charge < -0.3 is 15.2 Å². The summed E-state index contributed by atoms with van der Waals surface area (Å²) in [5, 5.41) is 0. The van der Waals surface area contributed by atoms with Crippen molar-refractivity contribution in [2.75, 3.05) is 13.7 Å². The summed E-state index contributed by atoms with van der Waals surface area (Å²) in [6.07, 6.45) is 2.08. The molecule has 2 N–H and O–H groups in total. The maximum atomic E-state index is 5.65. The Balaban J connectivity index is 2.83. The second kappa shape index (κ2) is 6.38. The van der Waals surface area contributed by atoms with Gasteiger partial charge in [0.05, 0.1) is 13.2 Å². The van der Waals surface area contributed by atoms with Crippen LogP contribution < -0.4 is 15.2 Å². The van der Waals surface area contributed by atoms with Crippen molar-refractivity contribution < 1.29 is 9.47 Å². The molecule has 0 radical (unpaired) electrons. The zero-order valence-electron chi connectivity index (χ0n) is 10.3. The summed E-state index contributed by atoms with van der Waals surface area (Å²) < 4.78 is 11.0. The summed E-state index contributed by atoms with van der Waals surface area (Å²) in [4.78, 5) is 0. The first kappa shape index (κ1) is 12.8. The fourth-order valence-corrected chi connectivity index (χ4v) is 1.59. The summed E-state index contributed by atoms with van der Waals surface area (Å²) in [7, 11) is 1.68. The number of methoxy groups -OCH3 is 1. The van der Waals surface area contributed by atoms with Gasteiger partial charge in [-0.2, -0.15) is 0 Å². The van der Waals surface area contributed by atoms with Crippen molar-refractivity contribution in [2.45, 2.75) is 32.8 Å². The number of benzene rings is 1. The SMILES string of the molecule is COc1ccc(OC(C)C)cc1CCCN. The molecule has 0 aromatic heterocycles. The highest BCUT2D eigenvalue weighted by atomic mass is 16.5. The zero-order valence-corrected chi connectivity index (χ0v) is 10.3. The first-order chi connectivity index (χ1) is 7.67. The molecule has 90 valence electrons. The molecule has 1 rings (SSSR count). The summed E-state index contributed by atoms with van der Waals surface area (Å²) in [6.45, 7) is 4.73. The van der Waals surface area contributed by atoms with Crippen molar-refractivity contribution in [3.63, 3.8) is 0 Å². The molecule has 0 aliphatic heterocycles. The van der Waals surface area contributed by atoms with Gasteiger partial charge in [-0.15, -0.1) is 0 Å². The Morgan fingerprint density at radius 2 is 2.06 bits per heavy atom. The lowest BCUT2D eigenvalue weighted by molar-refractivity contribution is 0.242. The molecule has 0 atom stereocenters. The zero-order chi connectivity index (χ0) is 12.0. The van der Waals surface area contributed by atoms with Gasteiger partial charge in [-0.1, -0.05) is 0 Å². The standard InChI is InChI=1S/C13H21NO2/c1-10(2)16-12-6-7-13(15-3)11(9-12)5-4-8-14/h6-7,9-10H,4-5,8,14H2,1-3H3. The maximum Gasteiger partial charge on any atom is 0.122 e. The summed E-state index contributed by atoms with van der Waals surface area (Å²) in [5.74, 6) is 1.80. The van der Waals surface area contributed by atoms with Gasteiger partial charge in [0.15, 0.2) is 0 Å². The molecule has 0 aliphatic rings. The molecule has 3 heteroatoms. The third-order valence-electron chi connectivity index (χ3n) is 2.27. The lowest BCUT2D eigenvalue weighted by Gasteiger charge is -2.13. The minimum atomic E-state index is 0.191. The number of nitrogens with two attached hydrogens (primary N) is 1. The molecule has 0 saturated heterocycles. The fraction of sp³-hybridized carbons (Fsp3) is 0.538. The topological polar surface area (TPSA) is 44.5 Å². The molecule has 3 nitrogen and oxygen atoms in total. The van der Waals surface area contributed by atoms with Crippen LogP contribution in [0.5, 0.6) is 11.5 Å². The highest BCUT2D eigenvalue weighted by molar-refractivity contribution is 5.40. The average Bonchev–Trinajstić information content (AvgIpc) is 2.25. The van der Waals surface area contributed by atoms with E-state index in [0.29, 0.717) is 6.54 Å². The Kier molecular flexibility index (Phi) is 5.12. The summed E-state index contributed by atoms with van der Waals surface area (Å²) in [5.41, 5.74) is 6.67. The third-order valence-corrected chi connectivity index (χ3v) is 2.27. The van der Waals surface area contributed by atoms with Crippen molar-refractivity contribution >= 4 is 0 Å². The fourth-order valence-electron chi connectivity index (χ4n) is 1.59. The predicted octanol–water partition coefficient (Wildman–Crippen LogP) is 2.37. The molecule has 0 aliphatic carbocycles. The molecule has 0 saturated carbocycles. The number of aryl methyl sites for hydroxylation is 1. The molecule has 16 heavy (non-hydrogen) atoms. The quantitative estimate of drug-likeness (QED) is 0.805. The maximum absolute atomic E-state index is 5.65. The molecule has 0 fully saturated rings. The smallest absolute Gasteiger partial charge is 0.122 e. The van der Waals surface area contributed by atoms with Gasteiger partial charge in [0.1, 0.15) is 11.5 Å². The van der Waals surface area contributed by atoms with Crippen LogP contribution in [0, 0.1) is 0 Å². The molecule has 0 unspecified atom stereocenters. The Morgan fingerprint density at radius 3 is 2.62 bits per heavy atom. The minimum absolute atomic E-state index is 0.191. The van der Waals surface area contributed by atoms with Crippen LogP contribution in [0.4, 0.5) is 0 Å². The van der Waals surface area contributed by atoms with Crippen LogP contribution in [0.2, 0.25) is 0 Å². The van der Waals surface area contributed by atoms with Gasteiger partial charge in [-0.25, -0.2) is 0 Å². The van der Waals surface area contributed by atoms with E-state index in [0.717, 1.165) is 29.9 Å². The van der Waals surface area contributed by atoms with Crippen molar-refractivity contribution in [3.8, 4) is 11.5 Å². The van der Waals surface area contributed by atoms with E-state index in [4.69, 9.17) is 15.2 Å². The van der Waals surface area contributed by atoms with Gasteiger partial charge in [0.2, 0.25) is 0 Å². The van der Waals surface area contributed by atoms with E-state index in [2.05, 4.69) is 0 Å². The Morgan fingerprint density at radius 1 is 1.31 bits per heavy atom. The lowest BCUT2D eigenvalue weighted by atomic mass is 10.1. The molecule has 0 spiro atoms. The Labute approximate surface area is 97.6 Å². The first-order valence-electron chi connectivity index (χ1n) is 5.71. The molecular formula is C13H21NO2. The van der Waals surface area contributed by atoms with Gasteiger partial charge >= 0.3 is 0 Å². The van der Waals surface area contributed by atoms with E-state index in [-0.39, 0.29) is 6.10 Å². The molecule has 0 heterocycles. The molecule has 1 aromatic rings. The van der Waals surface area contributed by atoms with E-state index in [9.17, 15) is 0 Å². The molecular weight excluding hydrogens is 202 g/mol. The van der Waals surface area contributed by atoms with Crippen LogP contribution in [-0.2, 0) is 6.42 Å². The minimum Gasteiger partial charge on any atom is -0.496 e. The first-order valence-corrected chi connectivity index (χ1v) is 5.71. The van der Waals surface area contributed by atoms with Crippen LogP contribution in [0.3, 0.4) is 0 Å². The van der Waals surface area contributed by atoms with Crippen LogP contribution in [-0.4, -0.2) is 19.8 Å². The van der Waals surface area contributed by atoms with Crippen LogP contribution in [0.1, 0.15) is 25.8 Å². The predicted molar refractivity (Wildman–Crippen MR) is 66.1 cm³/mol. The Hall–Kier alpha value is -1.22. The van der Waals surface area contributed by atoms with Crippen molar-refractivity contribution in [1.82, 2.24) is 0 Å². The van der Waals surface area contributed by atoms with Crippen molar-refractivity contribution in [1.29, 1.82) is 0 Å². The van der Waals surface area contributed by atoms with Gasteiger partial charge in [0.25, 0.3) is 0 Å². The van der Waals surface area contributed by atoms with E-state index in [1.54, 1.807) is 7.11 Å².